The van der Waals surface area contributed by atoms with Gasteiger partial charge in [0, 0.05) is 13.0 Å². The molecule has 1 fully saturated rings. The number of nitrogens with zero attached hydrogens (tertiary/aromatic N) is 1. The summed E-state index contributed by atoms with van der Waals surface area (Å²) in [4.78, 5) is 26.2. The van der Waals surface area contributed by atoms with Crippen LogP contribution in [-0.4, -0.2) is 34.3 Å². The zero-order valence-electron chi connectivity index (χ0n) is 17.0. The SMILES string of the molecule is CCCCCCCCCC=CCCCCC(=O)C1=C(O)[C@@H]2CCCN2C1=O. The van der Waals surface area contributed by atoms with Crippen LogP contribution in [0.2, 0.25) is 0 Å². The highest BCUT2D eigenvalue weighted by molar-refractivity contribution is 6.21. The first-order valence-corrected chi connectivity index (χ1v) is 11.1. The molecule has 0 saturated carbocycles. The van der Waals surface area contributed by atoms with E-state index in [0.717, 1.165) is 38.5 Å². The van der Waals surface area contributed by atoms with Crippen LogP contribution in [0.4, 0.5) is 0 Å². The number of aliphatic hydroxyl groups excluding tert-OH is 1. The second-order valence-electron chi connectivity index (χ2n) is 7.97. The minimum Gasteiger partial charge on any atom is -0.509 e. The van der Waals surface area contributed by atoms with Gasteiger partial charge in [0.1, 0.15) is 11.3 Å². The van der Waals surface area contributed by atoms with E-state index >= 15 is 0 Å². The zero-order valence-corrected chi connectivity index (χ0v) is 17.0. The molecule has 0 aromatic carbocycles. The van der Waals surface area contributed by atoms with Crippen molar-refractivity contribution in [3.8, 4) is 0 Å². The van der Waals surface area contributed by atoms with Crippen LogP contribution in [0.25, 0.3) is 0 Å². The van der Waals surface area contributed by atoms with Crippen molar-refractivity contribution in [2.24, 2.45) is 0 Å². The van der Waals surface area contributed by atoms with E-state index in [9.17, 15) is 14.7 Å². The Hall–Kier alpha value is -1.58. The molecular weight excluding hydrogens is 338 g/mol. The van der Waals surface area contributed by atoms with Crippen molar-refractivity contribution < 1.29 is 14.7 Å². The second kappa shape index (κ2) is 12.0. The summed E-state index contributed by atoms with van der Waals surface area (Å²) in [6.07, 6.45) is 19.8. The molecule has 27 heavy (non-hydrogen) atoms. The van der Waals surface area contributed by atoms with Crippen molar-refractivity contribution in [2.75, 3.05) is 6.54 Å². The molecule has 0 aromatic rings. The predicted octanol–water partition coefficient (Wildman–Crippen LogP) is 5.63. The molecule has 0 aromatic heterocycles. The molecule has 2 heterocycles. The van der Waals surface area contributed by atoms with E-state index in [4.69, 9.17) is 0 Å². The molecule has 152 valence electrons. The number of ketones is 1. The lowest BCUT2D eigenvalue weighted by molar-refractivity contribution is -0.128. The number of carbonyl (C=O) groups is 2. The summed E-state index contributed by atoms with van der Waals surface area (Å²) in [5.41, 5.74) is 0.0641. The van der Waals surface area contributed by atoms with Crippen LogP contribution in [0.5, 0.6) is 0 Å². The molecular formula is C23H37NO3. The van der Waals surface area contributed by atoms with Gasteiger partial charge in [-0.3, -0.25) is 9.59 Å². The Morgan fingerprint density at radius 2 is 1.67 bits per heavy atom. The van der Waals surface area contributed by atoms with E-state index in [2.05, 4.69) is 19.1 Å². The summed E-state index contributed by atoms with van der Waals surface area (Å²) in [6, 6.07) is -0.231. The second-order valence-corrected chi connectivity index (χ2v) is 7.97. The number of unbranched alkanes of at least 4 members (excludes halogenated alkanes) is 9. The average Bonchev–Trinajstić information content (AvgIpc) is 3.23. The Bertz CT molecular complexity index is 550. The van der Waals surface area contributed by atoms with Gasteiger partial charge in [0.15, 0.2) is 5.78 Å². The van der Waals surface area contributed by atoms with Crippen molar-refractivity contribution in [1.29, 1.82) is 0 Å². The minimum absolute atomic E-state index is 0.0251. The Balaban J connectivity index is 1.51. The standard InChI is InChI=1S/C23H37NO3/c1-2-3-4-5-6-7-8-9-10-11-12-13-14-17-20(25)21-22(26)19-16-15-18-24(19)23(21)27/h10-11,19,26H,2-9,12-18H2,1H3/t19-/m0/s1. The maximum atomic E-state index is 12.3. The average molecular weight is 376 g/mol. The van der Waals surface area contributed by atoms with Gasteiger partial charge in [0.05, 0.1) is 6.04 Å². The van der Waals surface area contributed by atoms with E-state index in [1.807, 2.05) is 0 Å². The maximum absolute atomic E-state index is 12.3. The Labute approximate surface area is 164 Å². The summed E-state index contributed by atoms with van der Waals surface area (Å²) in [5, 5.41) is 10.2. The molecule has 1 N–H and O–H groups in total. The lowest BCUT2D eigenvalue weighted by Crippen LogP contribution is -2.30. The van der Waals surface area contributed by atoms with Gasteiger partial charge in [-0.15, -0.1) is 0 Å². The van der Waals surface area contributed by atoms with Gasteiger partial charge in [0.2, 0.25) is 0 Å². The van der Waals surface area contributed by atoms with Gasteiger partial charge in [-0.1, -0.05) is 57.6 Å². The van der Waals surface area contributed by atoms with Crippen molar-refractivity contribution in [1.82, 2.24) is 4.90 Å². The first kappa shape index (κ1) is 21.7. The molecule has 1 amide bonds. The van der Waals surface area contributed by atoms with E-state index in [1.54, 1.807) is 4.90 Å². The highest BCUT2D eigenvalue weighted by Gasteiger charge is 2.44. The summed E-state index contributed by atoms with van der Waals surface area (Å²) in [7, 11) is 0. The number of aliphatic hydroxyl groups is 1. The smallest absolute Gasteiger partial charge is 0.261 e. The van der Waals surface area contributed by atoms with E-state index in [1.165, 1.54) is 44.9 Å². The number of allylic oxidation sites excluding steroid dienone is 2. The molecule has 1 atom stereocenters. The van der Waals surface area contributed by atoms with E-state index < -0.39 is 0 Å². The number of hydrogen-bond donors (Lipinski definition) is 1. The normalized spacial score (nSPS) is 19.5. The molecule has 0 spiro atoms. The first-order chi connectivity index (χ1) is 13.2. The summed E-state index contributed by atoms with van der Waals surface area (Å²) in [6.45, 7) is 2.91. The topological polar surface area (TPSA) is 57.6 Å². The molecule has 2 rings (SSSR count). The van der Waals surface area contributed by atoms with Crippen LogP contribution in [-0.2, 0) is 9.59 Å². The lowest BCUT2D eigenvalue weighted by Gasteiger charge is -2.14. The fraction of sp³-hybridized carbons (Fsp3) is 0.739. The fourth-order valence-electron chi connectivity index (χ4n) is 4.10. The van der Waals surface area contributed by atoms with Crippen LogP contribution < -0.4 is 0 Å². The Morgan fingerprint density at radius 1 is 1.04 bits per heavy atom. The monoisotopic (exact) mass is 375 g/mol. The number of amides is 1. The lowest BCUT2D eigenvalue weighted by atomic mass is 10.0. The van der Waals surface area contributed by atoms with Crippen molar-refractivity contribution in [2.45, 2.75) is 103 Å². The predicted molar refractivity (Wildman–Crippen MR) is 110 cm³/mol. The first-order valence-electron chi connectivity index (χ1n) is 11.1. The molecule has 2 aliphatic heterocycles. The number of Topliss-reactive ketones (excluding diaryl/α,β-unsaturated/α-hetero) is 1. The number of carbonyl (C=O) groups excluding carboxylic acids is 2. The summed E-state index contributed by atoms with van der Waals surface area (Å²) >= 11 is 0. The van der Waals surface area contributed by atoms with Crippen molar-refractivity contribution in [3.63, 3.8) is 0 Å². The third-order valence-corrected chi connectivity index (χ3v) is 5.74. The summed E-state index contributed by atoms with van der Waals surface area (Å²) in [5.74, 6) is -0.411. The molecule has 4 nitrogen and oxygen atoms in total. The molecule has 2 aliphatic rings. The highest BCUT2D eigenvalue weighted by Crippen LogP contribution is 2.33. The third kappa shape index (κ3) is 6.51. The molecule has 0 aliphatic carbocycles. The van der Waals surface area contributed by atoms with Crippen LogP contribution in [0.15, 0.2) is 23.5 Å². The van der Waals surface area contributed by atoms with Crippen molar-refractivity contribution in [3.05, 3.63) is 23.5 Å². The van der Waals surface area contributed by atoms with E-state index in [-0.39, 0.29) is 29.1 Å². The van der Waals surface area contributed by atoms with Crippen molar-refractivity contribution >= 4 is 11.7 Å². The van der Waals surface area contributed by atoms with E-state index in [0.29, 0.717) is 13.0 Å². The Kier molecular flexibility index (Phi) is 9.65. The van der Waals surface area contributed by atoms with Gasteiger partial charge in [-0.2, -0.15) is 0 Å². The highest BCUT2D eigenvalue weighted by atomic mass is 16.3. The van der Waals surface area contributed by atoms with Gasteiger partial charge in [-0.05, 0) is 44.9 Å². The fourth-order valence-corrected chi connectivity index (χ4v) is 4.10. The molecule has 0 radical (unpaired) electrons. The molecule has 0 bridgehead atoms. The maximum Gasteiger partial charge on any atom is 0.261 e. The third-order valence-electron chi connectivity index (χ3n) is 5.74. The number of fused-ring (bicyclic) bond motifs is 1. The quantitative estimate of drug-likeness (QED) is 0.243. The number of hydrogen-bond acceptors (Lipinski definition) is 3. The van der Waals surface area contributed by atoms with Gasteiger partial charge in [-0.25, -0.2) is 0 Å². The summed E-state index contributed by atoms with van der Waals surface area (Å²) < 4.78 is 0. The van der Waals surface area contributed by atoms with Crippen LogP contribution in [0.3, 0.4) is 0 Å². The number of rotatable bonds is 14. The van der Waals surface area contributed by atoms with Gasteiger partial charge >= 0.3 is 0 Å². The van der Waals surface area contributed by atoms with Crippen LogP contribution in [0, 0.1) is 0 Å². The molecule has 4 heteroatoms. The molecule has 1 saturated heterocycles. The minimum atomic E-state index is -0.255. The Morgan fingerprint density at radius 3 is 2.33 bits per heavy atom. The van der Waals surface area contributed by atoms with Crippen LogP contribution in [0.1, 0.15) is 96.8 Å². The van der Waals surface area contributed by atoms with Gasteiger partial charge < -0.3 is 10.0 Å². The largest absolute Gasteiger partial charge is 0.509 e. The molecule has 0 unspecified atom stereocenters. The van der Waals surface area contributed by atoms with Gasteiger partial charge in [0.25, 0.3) is 5.91 Å². The zero-order chi connectivity index (χ0) is 19.5. The van der Waals surface area contributed by atoms with Crippen LogP contribution >= 0.6 is 0 Å².